The average molecular weight is 252 g/mol. The van der Waals surface area contributed by atoms with Crippen LogP contribution in [0.2, 0.25) is 0 Å². The number of carbonyl (C=O) groups is 1. The molecule has 0 bridgehead atoms. The molecule has 0 radical (unpaired) electrons. The Hall–Kier alpha value is -1.53. The molecule has 0 aromatic carbocycles. The van der Waals surface area contributed by atoms with Gasteiger partial charge in [-0.2, -0.15) is 0 Å². The molecule has 0 spiro atoms. The molecule has 2 heterocycles. The topological polar surface area (TPSA) is 85.2 Å². The minimum absolute atomic E-state index is 0.0457. The summed E-state index contributed by atoms with van der Waals surface area (Å²) in [5, 5.41) is 0. The Labute approximate surface area is 105 Å². The SMILES string of the molecule is N[C@@H]1C[C@H](F)CN1C(=O)[C@@H](N)Cc1ccncc1. The van der Waals surface area contributed by atoms with E-state index in [9.17, 15) is 9.18 Å². The van der Waals surface area contributed by atoms with Crippen molar-refractivity contribution in [2.24, 2.45) is 11.5 Å². The number of pyridine rings is 1. The van der Waals surface area contributed by atoms with Crippen molar-refractivity contribution < 1.29 is 9.18 Å². The first kappa shape index (κ1) is 12.9. The fraction of sp³-hybridized carbons (Fsp3) is 0.500. The molecule has 3 atom stereocenters. The maximum absolute atomic E-state index is 13.2. The summed E-state index contributed by atoms with van der Waals surface area (Å²) in [6.07, 6.45) is 2.28. The van der Waals surface area contributed by atoms with Gasteiger partial charge in [-0.25, -0.2) is 4.39 Å². The highest BCUT2D eigenvalue weighted by molar-refractivity contribution is 5.82. The molecule has 0 unspecified atom stereocenters. The molecule has 5 nitrogen and oxygen atoms in total. The third-order valence-corrected chi connectivity index (χ3v) is 3.10. The fourth-order valence-electron chi connectivity index (χ4n) is 2.14. The van der Waals surface area contributed by atoms with Gasteiger partial charge in [0.05, 0.1) is 18.8 Å². The van der Waals surface area contributed by atoms with Gasteiger partial charge in [0.1, 0.15) is 6.17 Å². The van der Waals surface area contributed by atoms with Crippen molar-refractivity contribution in [3.8, 4) is 0 Å². The fourth-order valence-corrected chi connectivity index (χ4v) is 2.14. The van der Waals surface area contributed by atoms with E-state index < -0.39 is 18.4 Å². The highest BCUT2D eigenvalue weighted by Gasteiger charge is 2.34. The van der Waals surface area contributed by atoms with Crippen LogP contribution in [-0.2, 0) is 11.2 Å². The second kappa shape index (κ2) is 5.41. The van der Waals surface area contributed by atoms with Gasteiger partial charge in [-0.15, -0.1) is 0 Å². The number of nitrogens with two attached hydrogens (primary N) is 2. The van der Waals surface area contributed by atoms with Crippen LogP contribution in [0.1, 0.15) is 12.0 Å². The largest absolute Gasteiger partial charge is 0.323 e. The lowest BCUT2D eigenvalue weighted by Gasteiger charge is -2.24. The van der Waals surface area contributed by atoms with Crippen LogP contribution in [0.15, 0.2) is 24.5 Å². The van der Waals surface area contributed by atoms with Gasteiger partial charge in [0.25, 0.3) is 0 Å². The molecule has 1 aromatic heterocycles. The number of likely N-dealkylation sites (tertiary alicyclic amines) is 1. The van der Waals surface area contributed by atoms with Crippen molar-refractivity contribution in [1.82, 2.24) is 9.88 Å². The zero-order chi connectivity index (χ0) is 13.1. The predicted octanol–water partition coefficient (Wildman–Crippen LogP) is -0.193. The highest BCUT2D eigenvalue weighted by Crippen LogP contribution is 2.18. The summed E-state index contributed by atoms with van der Waals surface area (Å²) in [7, 11) is 0. The van der Waals surface area contributed by atoms with E-state index in [0.29, 0.717) is 6.42 Å². The Morgan fingerprint density at radius 3 is 2.78 bits per heavy atom. The number of aromatic nitrogens is 1. The lowest BCUT2D eigenvalue weighted by molar-refractivity contribution is -0.133. The van der Waals surface area contributed by atoms with Crippen LogP contribution in [0.25, 0.3) is 0 Å². The number of halogens is 1. The summed E-state index contributed by atoms with van der Waals surface area (Å²) < 4.78 is 13.2. The minimum atomic E-state index is -1.04. The lowest BCUT2D eigenvalue weighted by atomic mass is 10.1. The van der Waals surface area contributed by atoms with Gasteiger partial charge in [-0.3, -0.25) is 9.78 Å². The van der Waals surface area contributed by atoms with E-state index in [1.54, 1.807) is 24.5 Å². The predicted molar refractivity (Wildman–Crippen MR) is 65.1 cm³/mol. The van der Waals surface area contributed by atoms with Gasteiger partial charge >= 0.3 is 0 Å². The molecule has 98 valence electrons. The van der Waals surface area contributed by atoms with Crippen LogP contribution in [0, 0.1) is 0 Å². The molecule has 1 aromatic rings. The molecule has 2 rings (SSSR count). The summed E-state index contributed by atoms with van der Waals surface area (Å²) in [5.41, 5.74) is 12.5. The lowest BCUT2D eigenvalue weighted by Crippen LogP contribution is -2.49. The Balaban J connectivity index is 1.97. The monoisotopic (exact) mass is 252 g/mol. The zero-order valence-electron chi connectivity index (χ0n) is 10.00. The summed E-state index contributed by atoms with van der Waals surface area (Å²) in [6, 6.07) is 2.91. The van der Waals surface area contributed by atoms with Crippen molar-refractivity contribution in [3.05, 3.63) is 30.1 Å². The Kier molecular flexibility index (Phi) is 3.88. The highest BCUT2D eigenvalue weighted by atomic mass is 19.1. The van der Waals surface area contributed by atoms with Crippen LogP contribution in [-0.4, -0.2) is 40.7 Å². The van der Waals surface area contributed by atoms with E-state index >= 15 is 0 Å². The van der Waals surface area contributed by atoms with E-state index in [-0.39, 0.29) is 18.9 Å². The zero-order valence-corrected chi connectivity index (χ0v) is 10.00. The van der Waals surface area contributed by atoms with E-state index in [1.165, 1.54) is 4.90 Å². The van der Waals surface area contributed by atoms with Crippen LogP contribution >= 0.6 is 0 Å². The Morgan fingerprint density at radius 1 is 1.56 bits per heavy atom. The third-order valence-electron chi connectivity index (χ3n) is 3.10. The number of hydrogen-bond donors (Lipinski definition) is 2. The van der Waals surface area contributed by atoms with Crippen molar-refractivity contribution in [1.29, 1.82) is 0 Å². The molecule has 1 amide bonds. The number of alkyl halides is 1. The Morgan fingerprint density at radius 2 is 2.22 bits per heavy atom. The van der Waals surface area contributed by atoms with Crippen LogP contribution < -0.4 is 11.5 Å². The number of nitrogens with zero attached hydrogens (tertiary/aromatic N) is 2. The molecule has 0 saturated carbocycles. The number of amides is 1. The third kappa shape index (κ3) is 2.83. The maximum atomic E-state index is 13.2. The van der Waals surface area contributed by atoms with Crippen LogP contribution in [0.5, 0.6) is 0 Å². The van der Waals surface area contributed by atoms with Crippen LogP contribution in [0.4, 0.5) is 4.39 Å². The first-order valence-corrected chi connectivity index (χ1v) is 5.92. The van der Waals surface area contributed by atoms with Gasteiger partial charge in [0.2, 0.25) is 5.91 Å². The standard InChI is InChI=1S/C12H17FN4O/c13-9-6-11(15)17(7-9)12(18)10(14)5-8-1-3-16-4-2-8/h1-4,9-11H,5-7,14-15H2/t9-,10-,11-/m0/s1. The number of hydrogen-bond acceptors (Lipinski definition) is 4. The summed E-state index contributed by atoms with van der Waals surface area (Å²) in [5.74, 6) is -0.292. The second-order valence-electron chi connectivity index (χ2n) is 4.56. The number of carbonyl (C=O) groups excluding carboxylic acids is 1. The van der Waals surface area contributed by atoms with Crippen molar-refractivity contribution in [2.75, 3.05) is 6.54 Å². The average Bonchev–Trinajstić information content (AvgIpc) is 2.68. The molecule has 1 fully saturated rings. The molecule has 0 aliphatic carbocycles. The number of rotatable bonds is 3. The maximum Gasteiger partial charge on any atom is 0.241 e. The van der Waals surface area contributed by atoms with Crippen LogP contribution in [0.3, 0.4) is 0 Å². The van der Waals surface area contributed by atoms with Gasteiger partial charge in [0.15, 0.2) is 0 Å². The minimum Gasteiger partial charge on any atom is -0.323 e. The summed E-state index contributed by atoms with van der Waals surface area (Å²) in [4.78, 5) is 17.3. The van der Waals surface area contributed by atoms with Gasteiger partial charge < -0.3 is 16.4 Å². The molecule has 18 heavy (non-hydrogen) atoms. The quantitative estimate of drug-likeness (QED) is 0.780. The molecule has 1 saturated heterocycles. The summed E-state index contributed by atoms with van der Waals surface area (Å²) in [6.45, 7) is 0.0457. The molecule has 1 aliphatic heterocycles. The normalized spacial score (nSPS) is 25.2. The molecule has 4 N–H and O–H groups in total. The Bertz CT molecular complexity index is 414. The first-order chi connectivity index (χ1) is 8.58. The van der Waals surface area contributed by atoms with Crippen molar-refractivity contribution in [2.45, 2.75) is 31.2 Å². The van der Waals surface area contributed by atoms with Gasteiger partial charge in [-0.05, 0) is 24.1 Å². The smallest absolute Gasteiger partial charge is 0.241 e. The van der Waals surface area contributed by atoms with E-state index in [4.69, 9.17) is 11.5 Å². The molecular formula is C12H17FN4O. The van der Waals surface area contributed by atoms with E-state index in [2.05, 4.69) is 4.98 Å². The first-order valence-electron chi connectivity index (χ1n) is 5.92. The van der Waals surface area contributed by atoms with Gasteiger partial charge in [-0.1, -0.05) is 0 Å². The second-order valence-corrected chi connectivity index (χ2v) is 4.56. The molecule has 1 aliphatic rings. The molecule has 6 heteroatoms. The van der Waals surface area contributed by atoms with Gasteiger partial charge in [0, 0.05) is 18.8 Å². The summed E-state index contributed by atoms with van der Waals surface area (Å²) >= 11 is 0. The van der Waals surface area contributed by atoms with Crippen molar-refractivity contribution in [3.63, 3.8) is 0 Å². The van der Waals surface area contributed by atoms with E-state index in [1.807, 2.05) is 0 Å². The van der Waals surface area contributed by atoms with Crippen molar-refractivity contribution >= 4 is 5.91 Å². The van der Waals surface area contributed by atoms with E-state index in [0.717, 1.165) is 5.56 Å². The molecular weight excluding hydrogens is 235 g/mol.